The fraction of sp³-hybridized carbons (Fsp3) is 0.250. The molecular formula is C20H20N4O2S. The Hall–Kier alpha value is -2.80. The summed E-state index contributed by atoms with van der Waals surface area (Å²) in [7, 11) is 0. The number of imidazole rings is 1. The van der Waals surface area contributed by atoms with Gasteiger partial charge in [0.05, 0.1) is 23.3 Å². The van der Waals surface area contributed by atoms with Crippen molar-refractivity contribution in [1.29, 1.82) is 0 Å². The Kier molecular flexibility index (Phi) is 4.85. The molecule has 3 aromatic rings. The maximum atomic E-state index is 12.6. The Morgan fingerprint density at radius 1 is 1.30 bits per heavy atom. The molecule has 0 unspecified atom stereocenters. The van der Waals surface area contributed by atoms with E-state index in [2.05, 4.69) is 27.1 Å². The Morgan fingerprint density at radius 3 is 3.00 bits per heavy atom. The maximum Gasteiger partial charge on any atom is 0.251 e. The summed E-state index contributed by atoms with van der Waals surface area (Å²) >= 11 is 1.62. The lowest BCUT2D eigenvalue weighted by molar-refractivity contribution is -0.115. The van der Waals surface area contributed by atoms with Gasteiger partial charge in [-0.15, -0.1) is 11.8 Å². The minimum absolute atomic E-state index is 0.0181. The van der Waals surface area contributed by atoms with Crippen LogP contribution in [0.2, 0.25) is 0 Å². The van der Waals surface area contributed by atoms with Gasteiger partial charge < -0.3 is 15.2 Å². The van der Waals surface area contributed by atoms with Crippen molar-refractivity contribution in [2.24, 2.45) is 0 Å². The van der Waals surface area contributed by atoms with Crippen molar-refractivity contribution in [2.45, 2.75) is 31.3 Å². The highest BCUT2D eigenvalue weighted by molar-refractivity contribution is 7.99. The first-order valence-corrected chi connectivity index (χ1v) is 9.93. The van der Waals surface area contributed by atoms with Gasteiger partial charge in [0, 0.05) is 29.2 Å². The number of hydrogen-bond donors (Lipinski definition) is 2. The van der Waals surface area contributed by atoms with Crippen LogP contribution in [0.25, 0.3) is 11.0 Å². The van der Waals surface area contributed by atoms with Gasteiger partial charge in [-0.2, -0.15) is 0 Å². The molecule has 0 saturated heterocycles. The van der Waals surface area contributed by atoms with Crippen LogP contribution < -0.4 is 10.6 Å². The number of para-hydroxylation sites is 2. The van der Waals surface area contributed by atoms with Crippen LogP contribution in [0.4, 0.5) is 5.69 Å². The van der Waals surface area contributed by atoms with E-state index >= 15 is 0 Å². The molecule has 1 aliphatic rings. The SMILES string of the molecule is CCn1c(CNC(=O)c2ccc3c(c2)NC(=O)CCS3)nc2ccccc21. The molecule has 2 aromatic carbocycles. The molecule has 1 aromatic heterocycles. The Morgan fingerprint density at radius 2 is 2.15 bits per heavy atom. The highest BCUT2D eigenvalue weighted by atomic mass is 32.2. The van der Waals surface area contributed by atoms with Gasteiger partial charge >= 0.3 is 0 Å². The standard InChI is InChI=1S/C20H20N4O2S/c1-2-24-16-6-4-3-5-14(16)22-18(24)12-21-20(26)13-7-8-17-15(11-13)23-19(25)9-10-27-17/h3-8,11H,2,9-10,12H2,1H3,(H,21,26)(H,23,25). The number of fused-ring (bicyclic) bond motifs is 2. The number of rotatable bonds is 4. The normalized spacial score (nSPS) is 13.7. The van der Waals surface area contributed by atoms with E-state index in [0.717, 1.165) is 34.1 Å². The first-order valence-electron chi connectivity index (χ1n) is 8.94. The predicted molar refractivity (Wildman–Crippen MR) is 107 cm³/mol. The van der Waals surface area contributed by atoms with Gasteiger partial charge in [-0.1, -0.05) is 12.1 Å². The molecule has 138 valence electrons. The second kappa shape index (κ2) is 7.44. The topological polar surface area (TPSA) is 76.0 Å². The van der Waals surface area contributed by atoms with E-state index in [1.807, 2.05) is 30.3 Å². The van der Waals surface area contributed by atoms with Crippen molar-refractivity contribution in [2.75, 3.05) is 11.1 Å². The second-order valence-electron chi connectivity index (χ2n) is 6.30. The minimum Gasteiger partial charge on any atom is -0.345 e. The average Bonchev–Trinajstić information content (AvgIpc) is 2.93. The van der Waals surface area contributed by atoms with Gasteiger partial charge in [-0.3, -0.25) is 9.59 Å². The van der Waals surface area contributed by atoms with Crippen LogP contribution in [0.15, 0.2) is 47.4 Å². The Labute approximate surface area is 161 Å². The number of amides is 2. The number of aromatic nitrogens is 2. The van der Waals surface area contributed by atoms with E-state index in [0.29, 0.717) is 24.2 Å². The van der Waals surface area contributed by atoms with Crippen molar-refractivity contribution in [3.63, 3.8) is 0 Å². The molecule has 4 rings (SSSR count). The number of anilines is 1. The van der Waals surface area contributed by atoms with E-state index in [1.54, 1.807) is 23.9 Å². The zero-order valence-electron chi connectivity index (χ0n) is 15.0. The van der Waals surface area contributed by atoms with Crippen molar-refractivity contribution < 1.29 is 9.59 Å². The van der Waals surface area contributed by atoms with E-state index in [4.69, 9.17) is 0 Å². The van der Waals surface area contributed by atoms with Crippen LogP contribution >= 0.6 is 11.8 Å². The molecule has 0 spiro atoms. The van der Waals surface area contributed by atoms with Crippen LogP contribution in [0.3, 0.4) is 0 Å². The molecule has 1 aliphatic heterocycles. The number of carbonyl (C=O) groups is 2. The summed E-state index contributed by atoms with van der Waals surface area (Å²) in [6, 6.07) is 13.4. The van der Waals surface area contributed by atoms with Crippen LogP contribution in [-0.4, -0.2) is 27.1 Å². The maximum absolute atomic E-state index is 12.6. The molecule has 27 heavy (non-hydrogen) atoms. The summed E-state index contributed by atoms with van der Waals surface area (Å²) in [6.07, 6.45) is 0.480. The van der Waals surface area contributed by atoms with Gasteiger partial charge in [0.15, 0.2) is 0 Å². The molecule has 6 nitrogen and oxygen atoms in total. The highest BCUT2D eigenvalue weighted by Gasteiger charge is 2.16. The van der Waals surface area contributed by atoms with Gasteiger partial charge in [-0.25, -0.2) is 4.98 Å². The predicted octanol–water partition coefficient (Wildman–Crippen LogP) is 3.42. The van der Waals surface area contributed by atoms with Crippen molar-refractivity contribution in [3.8, 4) is 0 Å². The summed E-state index contributed by atoms with van der Waals surface area (Å²) in [4.78, 5) is 30.0. The van der Waals surface area contributed by atoms with E-state index < -0.39 is 0 Å². The zero-order chi connectivity index (χ0) is 18.8. The van der Waals surface area contributed by atoms with E-state index in [-0.39, 0.29) is 11.8 Å². The molecular weight excluding hydrogens is 360 g/mol. The molecule has 2 N–H and O–H groups in total. The quantitative estimate of drug-likeness (QED) is 0.727. The van der Waals surface area contributed by atoms with Crippen LogP contribution in [-0.2, 0) is 17.9 Å². The van der Waals surface area contributed by atoms with Crippen LogP contribution in [0.5, 0.6) is 0 Å². The molecule has 0 saturated carbocycles. The Bertz CT molecular complexity index is 1030. The highest BCUT2D eigenvalue weighted by Crippen LogP contribution is 2.31. The third-order valence-corrected chi connectivity index (χ3v) is 5.63. The molecule has 2 amide bonds. The van der Waals surface area contributed by atoms with Gasteiger partial charge in [-0.05, 0) is 37.3 Å². The summed E-state index contributed by atoms with van der Waals surface area (Å²) in [6.45, 7) is 3.19. The second-order valence-corrected chi connectivity index (χ2v) is 7.44. The zero-order valence-corrected chi connectivity index (χ0v) is 15.8. The third kappa shape index (κ3) is 3.55. The van der Waals surface area contributed by atoms with Gasteiger partial charge in [0.1, 0.15) is 5.82 Å². The van der Waals surface area contributed by atoms with Gasteiger partial charge in [0.2, 0.25) is 5.91 Å². The van der Waals surface area contributed by atoms with E-state index in [9.17, 15) is 9.59 Å². The fourth-order valence-corrected chi connectivity index (χ4v) is 4.17. The molecule has 0 radical (unpaired) electrons. The largest absolute Gasteiger partial charge is 0.345 e. The van der Waals surface area contributed by atoms with Crippen LogP contribution in [0.1, 0.15) is 29.5 Å². The number of aryl methyl sites for hydroxylation is 1. The van der Waals surface area contributed by atoms with Crippen LogP contribution in [0, 0.1) is 0 Å². The third-order valence-electron chi connectivity index (χ3n) is 4.56. The van der Waals surface area contributed by atoms with Crippen molar-refractivity contribution in [3.05, 3.63) is 53.9 Å². The molecule has 0 atom stereocenters. The summed E-state index contributed by atoms with van der Waals surface area (Å²) in [5, 5.41) is 5.81. The average molecular weight is 380 g/mol. The number of hydrogen-bond acceptors (Lipinski definition) is 4. The van der Waals surface area contributed by atoms with E-state index in [1.165, 1.54) is 0 Å². The Balaban J connectivity index is 1.53. The first-order chi connectivity index (χ1) is 13.2. The molecule has 2 heterocycles. The lowest BCUT2D eigenvalue weighted by Crippen LogP contribution is -2.25. The van der Waals surface area contributed by atoms with Crippen molar-refractivity contribution >= 4 is 40.3 Å². The first kappa shape index (κ1) is 17.6. The lowest BCUT2D eigenvalue weighted by Gasteiger charge is -2.10. The van der Waals surface area contributed by atoms with Gasteiger partial charge in [0.25, 0.3) is 5.91 Å². The number of benzene rings is 2. The minimum atomic E-state index is -0.184. The lowest BCUT2D eigenvalue weighted by atomic mass is 10.2. The monoisotopic (exact) mass is 380 g/mol. The molecule has 0 aliphatic carbocycles. The smallest absolute Gasteiger partial charge is 0.251 e. The molecule has 0 bridgehead atoms. The number of thioether (sulfide) groups is 1. The fourth-order valence-electron chi connectivity index (χ4n) is 3.24. The summed E-state index contributed by atoms with van der Waals surface area (Å²) in [5.74, 6) is 1.37. The molecule has 7 heteroatoms. The number of carbonyl (C=O) groups excluding carboxylic acids is 2. The van der Waals surface area contributed by atoms with Crippen molar-refractivity contribution in [1.82, 2.24) is 14.9 Å². The number of nitrogens with zero attached hydrogens (tertiary/aromatic N) is 2. The summed E-state index contributed by atoms with van der Waals surface area (Å²) < 4.78 is 2.10. The number of nitrogens with one attached hydrogen (secondary N) is 2. The summed E-state index contributed by atoms with van der Waals surface area (Å²) in [5.41, 5.74) is 3.22. The molecule has 0 fully saturated rings.